The number of unbranched alkanes of at least 4 members (excludes halogenated alkanes) is 1. The van der Waals surface area contributed by atoms with Crippen LogP contribution in [0.4, 0.5) is 9.59 Å². The van der Waals surface area contributed by atoms with Crippen LogP contribution in [-0.2, 0) is 14.3 Å². The fourth-order valence-electron chi connectivity index (χ4n) is 3.64. The molecule has 0 spiro atoms. The van der Waals surface area contributed by atoms with Gasteiger partial charge in [0.2, 0.25) is 5.91 Å². The molecule has 33 heavy (non-hydrogen) atoms. The zero-order valence-corrected chi connectivity index (χ0v) is 20.9. The predicted molar refractivity (Wildman–Crippen MR) is 127 cm³/mol. The van der Waals surface area contributed by atoms with Gasteiger partial charge in [-0.3, -0.25) is 4.79 Å². The van der Waals surface area contributed by atoms with Crippen molar-refractivity contribution in [3.05, 3.63) is 35.9 Å². The van der Waals surface area contributed by atoms with E-state index in [1.807, 2.05) is 58.0 Å². The molecule has 3 amide bonds. The van der Waals surface area contributed by atoms with Crippen LogP contribution >= 0.6 is 0 Å². The van der Waals surface area contributed by atoms with Crippen molar-refractivity contribution >= 4 is 18.1 Å². The zero-order chi connectivity index (χ0) is 24.8. The van der Waals surface area contributed by atoms with Crippen molar-refractivity contribution in [3.63, 3.8) is 0 Å². The van der Waals surface area contributed by atoms with Crippen LogP contribution in [0.15, 0.2) is 30.3 Å². The van der Waals surface area contributed by atoms with Gasteiger partial charge in [-0.1, -0.05) is 30.3 Å². The Morgan fingerprint density at radius 1 is 0.939 bits per heavy atom. The highest BCUT2D eigenvalue weighted by Gasteiger charge is 2.50. The number of carbonyl (C=O) groups is 3. The van der Waals surface area contributed by atoms with Gasteiger partial charge >= 0.3 is 12.2 Å². The summed E-state index contributed by atoms with van der Waals surface area (Å²) in [5.74, 6) is -0.123. The van der Waals surface area contributed by atoms with Gasteiger partial charge in [0.05, 0.1) is 12.1 Å². The maximum absolute atomic E-state index is 13.3. The number of ether oxygens (including phenoxy) is 2. The maximum Gasteiger partial charge on any atom is 0.408 e. The number of nitrogens with zero attached hydrogens (tertiary/aromatic N) is 1. The van der Waals surface area contributed by atoms with Crippen LogP contribution in [0.1, 0.15) is 79.3 Å². The molecule has 0 aliphatic carbocycles. The molecule has 1 aromatic carbocycles. The van der Waals surface area contributed by atoms with E-state index in [0.717, 1.165) is 5.56 Å². The predicted octanol–water partition coefficient (Wildman–Crippen LogP) is 4.55. The van der Waals surface area contributed by atoms with Crippen LogP contribution in [0.3, 0.4) is 0 Å². The number of benzene rings is 1. The molecule has 1 aliphatic rings. The minimum Gasteiger partial charge on any atom is -0.444 e. The van der Waals surface area contributed by atoms with Gasteiger partial charge in [0.15, 0.2) is 0 Å². The van der Waals surface area contributed by atoms with Crippen molar-refractivity contribution in [2.75, 3.05) is 6.54 Å². The van der Waals surface area contributed by atoms with E-state index in [9.17, 15) is 14.4 Å². The first kappa shape index (κ1) is 26.5. The van der Waals surface area contributed by atoms with E-state index in [1.54, 1.807) is 25.7 Å². The number of amides is 3. The molecule has 8 heteroatoms. The van der Waals surface area contributed by atoms with Gasteiger partial charge in [-0.2, -0.15) is 0 Å². The van der Waals surface area contributed by atoms with Crippen molar-refractivity contribution < 1.29 is 23.9 Å². The lowest BCUT2D eigenvalue weighted by molar-refractivity contribution is -0.129. The fraction of sp³-hybridized carbons (Fsp3) is 0.640. The van der Waals surface area contributed by atoms with Gasteiger partial charge in [-0.25, -0.2) is 9.59 Å². The summed E-state index contributed by atoms with van der Waals surface area (Å²) in [5, 5.41) is 5.47. The van der Waals surface area contributed by atoms with E-state index in [-0.39, 0.29) is 18.0 Å². The molecule has 3 atom stereocenters. The summed E-state index contributed by atoms with van der Waals surface area (Å²) in [4.78, 5) is 39.3. The van der Waals surface area contributed by atoms with Crippen molar-refractivity contribution in [3.8, 4) is 0 Å². The Labute approximate surface area is 197 Å². The minimum atomic E-state index is -0.697. The Bertz CT molecular complexity index is 814. The Kier molecular flexibility index (Phi) is 8.75. The molecule has 8 nitrogen and oxygen atoms in total. The molecule has 0 bridgehead atoms. The standard InChI is InChI=1S/C25H39N3O5/c1-17-20(18-13-9-8-10-14-18)28(17)21(29)19(27-23(31)33-25(5,6)7)15-11-12-16-26-22(30)32-24(2,3)4/h8-10,13-14,17,19-20H,11-12,15-16H2,1-7H3,(H,26,30)(H,27,31)/t17-,19?,20-,28?/m0/s1. The molecule has 1 unspecified atom stereocenters. The molecule has 1 aliphatic heterocycles. The Balaban J connectivity index is 1.94. The molecule has 0 radical (unpaired) electrons. The first-order chi connectivity index (χ1) is 15.3. The monoisotopic (exact) mass is 461 g/mol. The first-order valence-corrected chi connectivity index (χ1v) is 11.6. The van der Waals surface area contributed by atoms with Crippen LogP contribution < -0.4 is 10.6 Å². The summed E-state index contributed by atoms with van der Waals surface area (Å²) in [5.41, 5.74) is -0.130. The average molecular weight is 462 g/mol. The third-order valence-electron chi connectivity index (χ3n) is 5.08. The molecule has 1 saturated heterocycles. The zero-order valence-electron chi connectivity index (χ0n) is 20.9. The average Bonchev–Trinajstić information content (AvgIpc) is 3.35. The number of nitrogens with one attached hydrogen (secondary N) is 2. The van der Waals surface area contributed by atoms with E-state index < -0.39 is 29.4 Å². The minimum absolute atomic E-state index is 0.00970. The SMILES string of the molecule is C[C@H]1[C@@H](c2ccccc2)N1C(=O)C(CCCCNC(=O)OC(C)(C)C)NC(=O)OC(C)(C)C. The second kappa shape index (κ2) is 10.9. The lowest BCUT2D eigenvalue weighted by Gasteiger charge is -2.24. The molecule has 2 N–H and O–H groups in total. The number of rotatable bonds is 8. The summed E-state index contributed by atoms with van der Waals surface area (Å²) in [7, 11) is 0. The Morgan fingerprint density at radius 2 is 1.52 bits per heavy atom. The Hall–Kier alpha value is -2.77. The fourth-order valence-corrected chi connectivity index (χ4v) is 3.64. The molecule has 1 fully saturated rings. The smallest absolute Gasteiger partial charge is 0.408 e. The first-order valence-electron chi connectivity index (χ1n) is 11.6. The van der Waals surface area contributed by atoms with Gasteiger partial charge in [-0.05, 0) is 73.3 Å². The summed E-state index contributed by atoms with van der Waals surface area (Å²) in [6.45, 7) is 13.2. The van der Waals surface area contributed by atoms with E-state index in [1.165, 1.54) is 0 Å². The van der Waals surface area contributed by atoms with Gasteiger partial charge in [-0.15, -0.1) is 0 Å². The van der Waals surface area contributed by atoms with Crippen LogP contribution in [0, 0.1) is 0 Å². The summed E-state index contributed by atoms with van der Waals surface area (Å²) >= 11 is 0. The molecule has 184 valence electrons. The number of hydrogen-bond acceptors (Lipinski definition) is 5. The van der Waals surface area contributed by atoms with E-state index in [4.69, 9.17) is 9.47 Å². The van der Waals surface area contributed by atoms with Crippen molar-refractivity contribution in [2.45, 2.75) is 97.1 Å². The number of carbonyl (C=O) groups excluding carboxylic acids is 3. The van der Waals surface area contributed by atoms with Crippen LogP contribution in [0.2, 0.25) is 0 Å². The molecule has 1 heterocycles. The topological polar surface area (TPSA) is 96.7 Å². The molecule has 2 rings (SSSR count). The normalized spacial score (nSPS) is 18.8. The van der Waals surface area contributed by atoms with Gasteiger partial charge in [0.25, 0.3) is 0 Å². The van der Waals surface area contributed by atoms with E-state index in [2.05, 4.69) is 10.6 Å². The van der Waals surface area contributed by atoms with Crippen molar-refractivity contribution in [1.29, 1.82) is 0 Å². The van der Waals surface area contributed by atoms with E-state index in [0.29, 0.717) is 25.8 Å². The Morgan fingerprint density at radius 3 is 2.09 bits per heavy atom. The van der Waals surface area contributed by atoms with Crippen molar-refractivity contribution in [2.24, 2.45) is 0 Å². The molecule has 1 aromatic rings. The summed E-state index contributed by atoms with van der Waals surface area (Å²) in [6.07, 6.45) is 0.652. The lowest BCUT2D eigenvalue weighted by Crippen LogP contribution is -2.46. The van der Waals surface area contributed by atoms with Gasteiger partial charge in [0, 0.05) is 6.54 Å². The van der Waals surface area contributed by atoms with Crippen LogP contribution in [0.25, 0.3) is 0 Å². The van der Waals surface area contributed by atoms with E-state index >= 15 is 0 Å². The number of alkyl carbamates (subject to hydrolysis) is 2. The van der Waals surface area contributed by atoms with Crippen molar-refractivity contribution in [1.82, 2.24) is 15.5 Å². The molecule has 0 saturated carbocycles. The largest absolute Gasteiger partial charge is 0.444 e. The third kappa shape index (κ3) is 8.94. The molecular formula is C25H39N3O5. The molecular weight excluding hydrogens is 422 g/mol. The van der Waals surface area contributed by atoms with Crippen LogP contribution in [0.5, 0.6) is 0 Å². The summed E-state index contributed by atoms with van der Waals surface area (Å²) in [6, 6.07) is 9.25. The highest BCUT2D eigenvalue weighted by Crippen LogP contribution is 2.43. The second-order valence-corrected chi connectivity index (χ2v) is 10.5. The molecule has 0 aromatic heterocycles. The lowest BCUT2D eigenvalue weighted by atomic mass is 10.1. The quantitative estimate of drug-likeness (QED) is 0.437. The van der Waals surface area contributed by atoms with Gasteiger partial charge in [0.1, 0.15) is 17.2 Å². The number of hydrogen-bond donors (Lipinski definition) is 2. The third-order valence-corrected chi connectivity index (χ3v) is 5.08. The highest BCUT2D eigenvalue weighted by molar-refractivity contribution is 5.88. The maximum atomic E-state index is 13.3. The summed E-state index contributed by atoms with van der Waals surface area (Å²) < 4.78 is 10.6. The van der Waals surface area contributed by atoms with Gasteiger partial charge < -0.3 is 25.0 Å². The highest BCUT2D eigenvalue weighted by atomic mass is 16.6. The second-order valence-electron chi connectivity index (χ2n) is 10.5. The van der Waals surface area contributed by atoms with Crippen LogP contribution in [-0.4, -0.2) is 52.8 Å².